The Balaban J connectivity index is 1.25. The zero-order chi connectivity index (χ0) is 22.8. The van der Waals surface area contributed by atoms with E-state index in [4.69, 9.17) is 0 Å². The summed E-state index contributed by atoms with van der Waals surface area (Å²) < 4.78 is 0. The Bertz CT molecular complexity index is 1240. The third kappa shape index (κ3) is 4.93. The molecule has 0 amide bonds. The highest BCUT2D eigenvalue weighted by Crippen LogP contribution is 2.38. The molecule has 166 valence electrons. The van der Waals surface area contributed by atoms with Gasteiger partial charge in [0.15, 0.2) is 0 Å². The van der Waals surface area contributed by atoms with E-state index in [1.54, 1.807) is 0 Å². The van der Waals surface area contributed by atoms with Gasteiger partial charge in [-0.3, -0.25) is 4.90 Å². The second kappa shape index (κ2) is 9.35. The van der Waals surface area contributed by atoms with Gasteiger partial charge in [-0.25, -0.2) is 0 Å². The van der Waals surface area contributed by atoms with E-state index < -0.39 is 0 Å². The zero-order valence-corrected chi connectivity index (χ0v) is 19.9. The van der Waals surface area contributed by atoms with Crippen molar-refractivity contribution >= 4 is 0 Å². The van der Waals surface area contributed by atoms with Gasteiger partial charge in [0, 0.05) is 19.6 Å². The first kappa shape index (κ1) is 21.6. The predicted octanol–water partition coefficient (Wildman–Crippen LogP) is 6.62. The van der Waals surface area contributed by atoms with Crippen molar-refractivity contribution in [3.63, 3.8) is 0 Å². The Hall–Kier alpha value is -3.20. The van der Waals surface area contributed by atoms with Crippen LogP contribution >= 0.6 is 0 Å². The molecule has 0 saturated carbocycles. The minimum absolute atomic E-state index is 0.945. The van der Waals surface area contributed by atoms with Gasteiger partial charge in [0.2, 0.25) is 0 Å². The quantitative estimate of drug-likeness (QED) is 0.285. The molecule has 0 heterocycles. The van der Waals surface area contributed by atoms with Gasteiger partial charge in [-0.15, -0.1) is 0 Å². The van der Waals surface area contributed by atoms with Crippen LogP contribution in [0.3, 0.4) is 0 Å². The molecule has 33 heavy (non-hydrogen) atoms. The van der Waals surface area contributed by atoms with Gasteiger partial charge in [-0.05, 0) is 83.7 Å². The molecule has 4 aromatic rings. The van der Waals surface area contributed by atoms with E-state index in [1.807, 2.05) is 0 Å². The van der Waals surface area contributed by atoms with Crippen molar-refractivity contribution in [3.8, 4) is 22.3 Å². The summed E-state index contributed by atoms with van der Waals surface area (Å²) in [6, 6.07) is 33.6. The molecule has 0 radical (unpaired) electrons. The second-order valence-corrected chi connectivity index (χ2v) is 9.63. The van der Waals surface area contributed by atoms with E-state index in [0.29, 0.717) is 0 Å². The van der Waals surface area contributed by atoms with Gasteiger partial charge >= 0.3 is 0 Å². The largest absolute Gasteiger partial charge is 0.305 e. The molecule has 0 spiro atoms. The van der Waals surface area contributed by atoms with Gasteiger partial charge in [0.25, 0.3) is 0 Å². The predicted molar refractivity (Wildman–Crippen MR) is 139 cm³/mol. The summed E-state index contributed by atoms with van der Waals surface area (Å²) in [7, 11) is 6.46. The standard InChI is InChI=1S/C31H32N2/c1-32(2)20-25-11-15-28-19-29-17-24(12-16-30(29)31(28)18-25)22-33(3)21-23-9-13-27(14-10-23)26-7-5-4-6-8-26/h4-18H,19-22H2,1-3H3. The first-order valence-corrected chi connectivity index (χ1v) is 11.8. The Morgan fingerprint density at radius 3 is 1.94 bits per heavy atom. The SMILES string of the molecule is CN(C)Cc1ccc2c(c1)-c1ccc(CN(C)Cc3ccc(-c4ccccc4)cc3)cc1C2. The molecule has 4 aromatic carbocycles. The highest BCUT2D eigenvalue weighted by atomic mass is 15.1. The molecular formula is C31H32N2. The lowest BCUT2D eigenvalue weighted by atomic mass is 10.0. The lowest BCUT2D eigenvalue weighted by Gasteiger charge is -2.18. The van der Waals surface area contributed by atoms with Crippen molar-refractivity contribution in [1.29, 1.82) is 0 Å². The third-order valence-corrected chi connectivity index (χ3v) is 6.48. The fraction of sp³-hybridized carbons (Fsp3) is 0.226. The van der Waals surface area contributed by atoms with Crippen molar-refractivity contribution in [3.05, 3.63) is 119 Å². The van der Waals surface area contributed by atoms with Crippen LogP contribution in [0, 0.1) is 0 Å². The number of rotatable bonds is 7. The van der Waals surface area contributed by atoms with E-state index >= 15 is 0 Å². The fourth-order valence-electron chi connectivity index (χ4n) is 4.96. The van der Waals surface area contributed by atoms with Gasteiger partial charge in [0.05, 0.1) is 0 Å². The van der Waals surface area contributed by atoms with E-state index in [2.05, 4.69) is 122 Å². The lowest BCUT2D eigenvalue weighted by molar-refractivity contribution is 0.319. The number of fused-ring (bicyclic) bond motifs is 3. The average molecular weight is 433 g/mol. The van der Waals surface area contributed by atoms with Crippen molar-refractivity contribution in [2.45, 2.75) is 26.1 Å². The monoisotopic (exact) mass is 432 g/mol. The van der Waals surface area contributed by atoms with E-state index in [1.165, 1.54) is 50.1 Å². The number of hydrogen-bond acceptors (Lipinski definition) is 2. The van der Waals surface area contributed by atoms with Crippen LogP contribution in [0.1, 0.15) is 27.8 Å². The molecule has 0 saturated heterocycles. The Labute approximate surface area is 198 Å². The van der Waals surface area contributed by atoms with Gasteiger partial charge < -0.3 is 4.90 Å². The van der Waals surface area contributed by atoms with Crippen LogP contribution in [0.25, 0.3) is 22.3 Å². The number of hydrogen-bond donors (Lipinski definition) is 0. The Morgan fingerprint density at radius 2 is 1.18 bits per heavy atom. The molecule has 0 aliphatic heterocycles. The van der Waals surface area contributed by atoms with Crippen LogP contribution < -0.4 is 0 Å². The third-order valence-electron chi connectivity index (χ3n) is 6.48. The molecule has 0 aromatic heterocycles. The molecule has 2 heteroatoms. The molecular weight excluding hydrogens is 400 g/mol. The van der Waals surface area contributed by atoms with Crippen molar-refractivity contribution < 1.29 is 0 Å². The molecule has 1 aliphatic carbocycles. The zero-order valence-electron chi connectivity index (χ0n) is 19.9. The highest BCUT2D eigenvalue weighted by Gasteiger charge is 2.19. The van der Waals surface area contributed by atoms with Gasteiger partial charge in [0.1, 0.15) is 0 Å². The lowest BCUT2D eigenvalue weighted by Crippen LogP contribution is -2.17. The summed E-state index contributed by atoms with van der Waals surface area (Å²) in [5.74, 6) is 0. The topological polar surface area (TPSA) is 6.48 Å². The van der Waals surface area contributed by atoms with Crippen molar-refractivity contribution in [1.82, 2.24) is 9.80 Å². The molecule has 0 atom stereocenters. The van der Waals surface area contributed by atoms with Gasteiger partial charge in [-0.1, -0.05) is 84.9 Å². The van der Waals surface area contributed by atoms with Crippen LogP contribution in [0.2, 0.25) is 0 Å². The maximum atomic E-state index is 2.41. The smallest absolute Gasteiger partial charge is 0.0234 e. The van der Waals surface area contributed by atoms with E-state index in [0.717, 1.165) is 26.1 Å². The molecule has 0 bridgehead atoms. The molecule has 0 N–H and O–H groups in total. The summed E-state index contributed by atoms with van der Waals surface area (Å²) in [5.41, 5.74) is 12.4. The Kier molecular flexibility index (Phi) is 6.13. The van der Waals surface area contributed by atoms with Crippen LogP contribution in [-0.4, -0.2) is 30.9 Å². The minimum atomic E-state index is 0.945. The summed E-state index contributed by atoms with van der Waals surface area (Å²) in [6.07, 6.45) is 1.05. The summed E-state index contributed by atoms with van der Waals surface area (Å²) in [5, 5.41) is 0. The summed E-state index contributed by atoms with van der Waals surface area (Å²) in [6.45, 7) is 2.88. The average Bonchev–Trinajstić information content (AvgIpc) is 3.17. The van der Waals surface area contributed by atoms with Gasteiger partial charge in [-0.2, -0.15) is 0 Å². The molecule has 0 fully saturated rings. The van der Waals surface area contributed by atoms with Crippen LogP contribution in [0.4, 0.5) is 0 Å². The molecule has 2 nitrogen and oxygen atoms in total. The first-order valence-electron chi connectivity index (χ1n) is 11.8. The maximum Gasteiger partial charge on any atom is 0.0234 e. The van der Waals surface area contributed by atoms with Crippen molar-refractivity contribution in [2.75, 3.05) is 21.1 Å². The van der Waals surface area contributed by atoms with Crippen LogP contribution in [0.15, 0.2) is 91.0 Å². The number of benzene rings is 4. The molecule has 0 unspecified atom stereocenters. The molecule has 5 rings (SSSR count). The van der Waals surface area contributed by atoms with E-state index in [9.17, 15) is 0 Å². The molecule has 1 aliphatic rings. The van der Waals surface area contributed by atoms with Crippen LogP contribution in [-0.2, 0) is 26.1 Å². The number of nitrogens with zero attached hydrogens (tertiary/aromatic N) is 2. The first-order chi connectivity index (χ1) is 16.0. The Morgan fingerprint density at radius 1 is 0.545 bits per heavy atom. The fourth-order valence-corrected chi connectivity index (χ4v) is 4.96. The second-order valence-electron chi connectivity index (χ2n) is 9.63. The van der Waals surface area contributed by atoms with Crippen LogP contribution in [0.5, 0.6) is 0 Å². The van der Waals surface area contributed by atoms with E-state index in [-0.39, 0.29) is 0 Å². The highest BCUT2D eigenvalue weighted by molar-refractivity contribution is 5.77. The van der Waals surface area contributed by atoms with Crippen molar-refractivity contribution in [2.24, 2.45) is 0 Å². The summed E-state index contributed by atoms with van der Waals surface area (Å²) >= 11 is 0. The minimum Gasteiger partial charge on any atom is -0.305 e. The normalized spacial score (nSPS) is 12.3. The maximum absolute atomic E-state index is 2.41. The summed E-state index contributed by atoms with van der Waals surface area (Å²) in [4.78, 5) is 4.63.